The second-order valence-electron chi connectivity index (χ2n) is 8.63. The number of Topliss-reactive ketones (excluding diaryl/α,β-unsaturated/α-hetero) is 1. The van der Waals surface area contributed by atoms with Crippen molar-refractivity contribution >= 4 is 29.5 Å². The molecule has 6 rings (SSSR count). The number of ether oxygens (including phenoxy) is 1. The summed E-state index contributed by atoms with van der Waals surface area (Å²) < 4.78 is 5.21. The molecule has 34 heavy (non-hydrogen) atoms. The molecule has 3 heterocycles. The van der Waals surface area contributed by atoms with Crippen LogP contribution in [0.25, 0.3) is 0 Å². The van der Waals surface area contributed by atoms with Crippen molar-refractivity contribution in [2.75, 3.05) is 12.0 Å². The van der Waals surface area contributed by atoms with E-state index in [4.69, 9.17) is 4.74 Å². The lowest BCUT2D eigenvalue weighted by molar-refractivity contribution is -0.124. The number of hydrogen-bond donors (Lipinski definition) is 0. The molecule has 0 N–H and O–H groups in total. The Labute approximate surface area is 196 Å². The summed E-state index contributed by atoms with van der Waals surface area (Å²) in [7, 11) is 1.56. The van der Waals surface area contributed by atoms with Crippen LogP contribution in [0.5, 0.6) is 5.75 Å². The molecule has 2 fully saturated rings. The predicted molar refractivity (Wildman–Crippen MR) is 126 cm³/mol. The first kappa shape index (κ1) is 20.4. The third kappa shape index (κ3) is 2.83. The minimum Gasteiger partial charge on any atom is -0.497 e. The standard InChI is InChI=1S/C27H21N3O4/c1-34-19-13-11-16(12-14-19)25(31)24-22-21(23-20-10-6-5-7-17(20)15-28-30(23)24)26(32)29(27(22)33)18-8-3-2-4-9-18/h2-15,21-24H,1H3/t21-,22-,23+,24+/m0/s1. The van der Waals surface area contributed by atoms with Gasteiger partial charge in [-0.05, 0) is 47.5 Å². The van der Waals surface area contributed by atoms with Crippen LogP contribution in [0.4, 0.5) is 5.69 Å². The van der Waals surface area contributed by atoms with Crippen LogP contribution >= 0.6 is 0 Å². The first-order valence-corrected chi connectivity index (χ1v) is 11.1. The largest absolute Gasteiger partial charge is 0.497 e. The van der Waals surface area contributed by atoms with Crippen molar-refractivity contribution in [3.05, 3.63) is 95.6 Å². The molecule has 0 radical (unpaired) electrons. The Morgan fingerprint density at radius 1 is 0.853 bits per heavy atom. The van der Waals surface area contributed by atoms with Gasteiger partial charge in [-0.1, -0.05) is 42.5 Å². The maximum absolute atomic E-state index is 13.8. The molecule has 0 spiro atoms. The lowest BCUT2D eigenvalue weighted by Gasteiger charge is -2.33. The third-order valence-electron chi connectivity index (χ3n) is 6.95. The number of rotatable bonds is 4. The zero-order valence-electron chi connectivity index (χ0n) is 18.4. The summed E-state index contributed by atoms with van der Waals surface area (Å²) in [5.74, 6) is -1.82. The van der Waals surface area contributed by atoms with Crippen molar-refractivity contribution in [2.24, 2.45) is 16.9 Å². The second-order valence-corrected chi connectivity index (χ2v) is 8.63. The summed E-state index contributed by atoms with van der Waals surface area (Å²) >= 11 is 0. The fraction of sp³-hybridized carbons (Fsp3) is 0.185. The second kappa shape index (κ2) is 7.66. The van der Waals surface area contributed by atoms with Crippen LogP contribution in [0, 0.1) is 11.8 Å². The number of carbonyl (C=O) groups excluding carboxylic acids is 3. The van der Waals surface area contributed by atoms with E-state index >= 15 is 0 Å². The van der Waals surface area contributed by atoms with Gasteiger partial charge in [-0.25, -0.2) is 4.90 Å². The number of nitrogens with zero attached hydrogens (tertiary/aromatic N) is 3. The van der Waals surface area contributed by atoms with E-state index in [2.05, 4.69) is 5.10 Å². The molecule has 7 heteroatoms. The molecule has 7 nitrogen and oxygen atoms in total. The minimum absolute atomic E-state index is 0.243. The van der Waals surface area contributed by atoms with Crippen molar-refractivity contribution in [2.45, 2.75) is 12.1 Å². The first-order chi connectivity index (χ1) is 16.6. The number of ketones is 1. The van der Waals surface area contributed by atoms with E-state index in [-0.39, 0.29) is 17.6 Å². The third-order valence-corrected chi connectivity index (χ3v) is 6.95. The van der Waals surface area contributed by atoms with Gasteiger partial charge in [0, 0.05) is 5.56 Å². The summed E-state index contributed by atoms with van der Waals surface area (Å²) in [6.45, 7) is 0. The van der Waals surface area contributed by atoms with E-state index in [9.17, 15) is 14.4 Å². The quantitative estimate of drug-likeness (QED) is 0.448. The van der Waals surface area contributed by atoms with Gasteiger partial charge >= 0.3 is 0 Å². The van der Waals surface area contributed by atoms with Crippen molar-refractivity contribution in [1.82, 2.24) is 5.01 Å². The molecule has 0 aromatic heterocycles. The van der Waals surface area contributed by atoms with Crippen molar-refractivity contribution < 1.29 is 19.1 Å². The highest BCUT2D eigenvalue weighted by Crippen LogP contribution is 2.53. The maximum atomic E-state index is 13.8. The summed E-state index contributed by atoms with van der Waals surface area (Å²) in [6, 6.07) is 22.0. The molecule has 3 aromatic rings. The summed E-state index contributed by atoms with van der Waals surface area (Å²) in [5, 5.41) is 6.25. The molecule has 0 bridgehead atoms. The molecule has 0 saturated carbocycles. The summed E-state index contributed by atoms with van der Waals surface area (Å²) in [6.07, 6.45) is 1.70. The Bertz CT molecular complexity index is 1340. The zero-order valence-corrected chi connectivity index (χ0v) is 18.4. The maximum Gasteiger partial charge on any atom is 0.240 e. The predicted octanol–water partition coefficient (Wildman–Crippen LogP) is 3.46. The molecule has 2 saturated heterocycles. The number of benzene rings is 3. The van der Waals surface area contributed by atoms with Crippen LogP contribution in [0.2, 0.25) is 0 Å². The molecule has 3 aliphatic heterocycles. The van der Waals surface area contributed by atoms with Crippen molar-refractivity contribution in [1.29, 1.82) is 0 Å². The molecule has 3 aliphatic rings. The van der Waals surface area contributed by atoms with Gasteiger partial charge < -0.3 is 4.74 Å². The van der Waals surface area contributed by atoms with Gasteiger partial charge in [0.1, 0.15) is 11.8 Å². The van der Waals surface area contributed by atoms with Gasteiger partial charge in [-0.15, -0.1) is 0 Å². The Kier molecular flexibility index (Phi) is 4.58. The SMILES string of the molecule is COc1ccc(C(=O)[C@H]2[C@H]3C(=O)N(c4ccccc4)C(=O)[C@@H]3[C@H]3c4ccccc4C=NN32)cc1. The molecular weight excluding hydrogens is 430 g/mol. The monoisotopic (exact) mass is 451 g/mol. The highest BCUT2D eigenvalue weighted by molar-refractivity contribution is 6.24. The first-order valence-electron chi connectivity index (χ1n) is 11.1. The highest BCUT2D eigenvalue weighted by Gasteiger charge is 2.65. The van der Waals surface area contributed by atoms with Gasteiger partial charge in [0.25, 0.3) is 0 Å². The zero-order chi connectivity index (χ0) is 23.4. The van der Waals surface area contributed by atoms with Crippen LogP contribution in [0.3, 0.4) is 0 Å². The van der Waals surface area contributed by atoms with E-state index in [0.717, 1.165) is 11.1 Å². The number of fused-ring (bicyclic) bond motifs is 5. The number of para-hydroxylation sites is 1. The van der Waals surface area contributed by atoms with Crippen LogP contribution in [0.1, 0.15) is 27.5 Å². The van der Waals surface area contributed by atoms with E-state index < -0.39 is 23.9 Å². The van der Waals surface area contributed by atoms with Crippen LogP contribution < -0.4 is 9.64 Å². The Morgan fingerprint density at radius 3 is 2.26 bits per heavy atom. The topological polar surface area (TPSA) is 79.3 Å². The van der Waals surface area contributed by atoms with Crippen LogP contribution in [-0.4, -0.2) is 42.0 Å². The fourth-order valence-electron chi connectivity index (χ4n) is 5.43. The van der Waals surface area contributed by atoms with Gasteiger partial charge in [0.05, 0.1) is 36.9 Å². The average molecular weight is 451 g/mol. The normalized spacial score (nSPS) is 24.6. The number of anilines is 1. The Balaban J connectivity index is 1.48. The molecule has 2 amide bonds. The molecule has 3 aromatic carbocycles. The van der Waals surface area contributed by atoms with Gasteiger partial charge in [0.15, 0.2) is 5.78 Å². The van der Waals surface area contributed by atoms with Gasteiger partial charge in [-0.3, -0.25) is 19.4 Å². The van der Waals surface area contributed by atoms with Crippen molar-refractivity contribution in [3.8, 4) is 5.75 Å². The molecule has 4 atom stereocenters. The molecule has 0 aliphatic carbocycles. The van der Waals surface area contributed by atoms with E-state index in [0.29, 0.717) is 17.0 Å². The van der Waals surface area contributed by atoms with Gasteiger partial charge in [0.2, 0.25) is 11.8 Å². The minimum atomic E-state index is -0.891. The lowest BCUT2D eigenvalue weighted by atomic mass is 9.83. The number of amides is 2. The van der Waals surface area contributed by atoms with E-state index in [1.807, 2.05) is 30.3 Å². The average Bonchev–Trinajstić information content (AvgIpc) is 3.36. The molecule has 168 valence electrons. The van der Waals surface area contributed by atoms with Crippen LogP contribution in [0.15, 0.2) is 84.0 Å². The fourth-order valence-corrected chi connectivity index (χ4v) is 5.43. The Hall–Kier alpha value is -4.26. The van der Waals surface area contributed by atoms with E-state index in [1.165, 1.54) is 4.90 Å². The van der Waals surface area contributed by atoms with Crippen LogP contribution in [-0.2, 0) is 9.59 Å². The molecule has 0 unspecified atom stereocenters. The summed E-state index contributed by atoms with van der Waals surface area (Å²) in [4.78, 5) is 42.6. The highest BCUT2D eigenvalue weighted by atomic mass is 16.5. The van der Waals surface area contributed by atoms with Crippen molar-refractivity contribution in [3.63, 3.8) is 0 Å². The molecular formula is C27H21N3O4. The number of carbonyl (C=O) groups is 3. The van der Waals surface area contributed by atoms with E-state index in [1.54, 1.807) is 66.9 Å². The number of methoxy groups -OCH3 is 1. The van der Waals surface area contributed by atoms with Gasteiger partial charge in [-0.2, -0.15) is 5.10 Å². The smallest absolute Gasteiger partial charge is 0.240 e. The number of hydrazone groups is 1. The Morgan fingerprint density at radius 2 is 1.53 bits per heavy atom. The summed E-state index contributed by atoms with van der Waals surface area (Å²) in [5.41, 5.74) is 2.74. The number of hydrogen-bond acceptors (Lipinski definition) is 6. The number of imide groups is 1. The lowest BCUT2D eigenvalue weighted by Crippen LogP contribution is -2.44.